The van der Waals surface area contributed by atoms with E-state index in [0.29, 0.717) is 31.6 Å². The van der Waals surface area contributed by atoms with Gasteiger partial charge >= 0.3 is 39.5 Å². The molecule has 3 N–H and O–H groups in total. The molecule has 0 rings (SSSR count). The monoisotopic (exact) mass is 1350 g/mol. The molecule has 0 spiro atoms. The van der Waals surface area contributed by atoms with E-state index < -0.39 is 97.5 Å². The summed E-state index contributed by atoms with van der Waals surface area (Å²) in [6.07, 6.45) is 51.7. The van der Waals surface area contributed by atoms with Gasteiger partial charge in [-0.3, -0.25) is 37.3 Å². The lowest BCUT2D eigenvalue weighted by atomic mass is 10.0. The molecule has 0 aromatic heterocycles. The summed E-state index contributed by atoms with van der Waals surface area (Å²) in [4.78, 5) is 72.5. The van der Waals surface area contributed by atoms with Gasteiger partial charge in [-0.15, -0.1) is 0 Å². The van der Waals surface area contributed by atoms with Crippen molar-refractivity contribution in [1.82, 2.24) is 0 Å². The van der Waals surface area contributed by atoms with Crippen molar-refractivity contribution in [2.45, 2.75) is 394 Å². The van der Waals surface area contributed by atoms with E-state index in [1.807, 2.05) is 0 Å². The van der Waals surface area contributed by atoms with E-state index >= 15 is 0 Å². The van der Waals surface area contributed by atoms with Crippen LogP contribution >= 0.6 is 15.6 Å². The topological polar surface area (TPSA) is 237 Å². The molecule has 19 heteroatoms. The molecule has 5 atom stereocenters. The Morgan fingerprint density at radius 2 is 0.500 bits per heavy atom. The molecule has 92 heavy (non-hydrogen) atoms. The zero-order valence-corrected chi connectivity index (χ0v) is 61.6. The van der Waals surface area contributed by atoms with Crippen LogP contribution in [0.25, 0.3) is 0 Å². The highest BCUT2D eigenvalue weighted by molar-refractivity contribution is 7.47. The molecular weight excluding hydrogens is 1210 g/mol. The standard InChI is InChI=1S/C73H142O17P2/c1-7-9-11-13-15-16-17-18-26-29-32-38-44-50-56-71(76)84-62-69(89-72(77)57-51-45-39-33-30-27-24-22-20-19-21-23-25-28-31-36-41-47-53-65(3)4)64-88-92(81,82)86-60-67(74)59-85-91(79,80)87-63-68(61-83-70(75)55-49-43-35-14-12-10-8-2)90-73(78)58-52-46-40-34-37-42-48-54-66(5)6/h65-69,74H,7-64H2,1-6H3,(H,79,80)(H,81,82)/t67-,68+,69+/m0/s1. The molecule has 0 fully saturated rings. The normalized spacial score (nSPS) is 14.1. The van der Waals surface area contributed by atoms with Gasteiger partial charge in [0.1, 0.15) is 19.3 Å². The van der Waals surface area contributed by atoms with Crippen LogP contribution in [0.3, 0.4) is 0 Å². The number of carbonyl (C=O) groups is 4. The third-order valence-corrected chi connectivity index (χ3v) is 18.9. The number of esters is 4. The van der Waals surface area contributed by atoms with Gasteiger partial charge in [0.15, 0.2) is 12.2 Å². The quantitative estimate of drug-likeness (QED) is 0.0222. The molecule has 0 heterocycles. The molecule has 546 valence electrons. The molecule has 0 saturated carbocycles. The average Bonchev–Trinajstić information content (AvgIpc) is 2.72. The number of phosphoric ester groups is 2. The summed E-state index contributed by atoms with van der Waals surface area (Å²) < 4.78 is 68.2. The van der Waals surface area contributed by atoms with Crippen molar-refractivity contribution < 1.29 is 80.2 Å². The van der Waals surface area contributed by atoms with Crippen LogP contribution in [0, 0.1) is 11.8 Å². The molecule has 0 aromatic rings. The summed E-state index contributed by atoms with van der Waals surface area (Å²) >= 11 is 0. The zero-order valence-electron chi connectivity index (χ0n) is 59.9. The van der Waals surface area contributed by atoms with Crippen molar-refractivity contribution in [3.8, 4) is 0 Å². The molecule has 17 nitrogen and oxygen atoms in total. The molecule has 0 aliphatic heterocycles. The number of unbranched alkanes of at least 4 members (excludes halogenated alkanes) is 42. The first-order valence-electron chi connectivity index (χ1n) is 38.0. The Hall–Kier alpha value is -1.94. The maximum atomic E-state index is 13.1. The summed E-state index contributed by atoms with van der Waals surface area (Å²) in [5, 5.41) is 10.6. The van der Waals surface area contributed by atoms with Crippen LogP contribution < -0.4 is 0 Å². The number of hydrogen-bond acceptors (Lipinski definition) is 15. The van der Waals surface area contributed by atoms with Crippen LogP contribution in [0.15, 0.2) is 0 Å². The Kier molecular flexibility index (Phi) is 63.7. The fourth-order valence-corrected chi connectivity index (χ4v) is 12.7. The predicted molar refractivity (Wildman–Crippen MR) is 372 cm³/mol. The van der Waals surface area contributed by atoms with Crippen LogP contribution in [-0.2, 0) is 65.4 Å². The number of aliphatic hydroxyl groups is 1. The maximum Gasteiger partial charge on any atom is 0.472 e. The van der Waals surface area contributed by atoms with Crippen LogP contribution in [0.4, 0.5) is 0 Å². The Morgan fingerprint density at radius 3 is 0.739 bits per heavy atom. The van der Waals surface area contributed by atoms with Gasteiger partial charge in [-0.1, -0.05) is 324 Å². The first kappa shape index (κ1) is 90.1. The SMILES string of the molecule is CCCCCCCCCCCCCCCCC(=O)OC[C@H](COP(=O)(O)OC[C@@H](O)COP(=O)(O)OC[C@@H](COC(=O)CCCCCCCCC)OC(=O)CCCCCCCCCC(C)C)OC(=O)CCCCCCCCCCCCCCCCCCCCC(C)C. The summed E-state index contributed by atoms with van der Waals surface area (Å²) in [7, 11) is -9.90. The third kappa shape index (κ3) is 66.7. The van der Waals surface area contributed by atoms with Gasteiger partial charge in [0.25, 0.3) is 0 Å². The summed E-state index contributed by atoms with van der Waals surface area (Å²) in [6, 6.07) is 0. The Morgan fingerprint density at radius 1 is 0.293 bits per heavy atom. The number of ether oxygens (including phenoxy) is 4. The van der Waals surface area contributed by atoms with E-state index in [4.69, 9.17) is 37.0 Å². The molecule has 0 radical (unpaired) electrons. The predicted octanol–water partition coefficient (Wildman–Crippen LogP) is 21.2. The minimum Gasteiger partial charge on any atom is -0.462 e. The second kappa shape index (κ2) is 65.0. The van der Waals surface area contributed by atoms with Crippen molar-refractivity contribution in [2.75, 3.05) is 39.6 Å². The van der Waals surface area contributed by atoms with Crippen molar-refractivity contribution in [1.29, 1.82) is 0 Å². The lowest BCUT2D eigenvalue weighted by Gasteiger charge is -2.21. The molecule has 0 aliphatic rings. The highest BCUT2D eigenvalue weighted by atomic mass is 31.2. The largest absolute Gasteiger partial charge is 0.472 e. The molecule has 0 amide bonds. The smallest absolute Gasteiger partial charge is 0.462 e. The minimum atomic E-state index is -4.95. The van der Waals surface area contributed by atoms with E-state index in [0.717, 1.165) is 109 Å². The van der Waals surface area contributed by atoms with E-state index in [2.05, 4.69) is 41.5 Å². The van der Waals surface area contributed by atoms with E-state index in [1.165, 1.54) is 180 Å². The summed E-state index contributed by atoms with van der Waals surface area (Å²) in [6.45, 7) is 9.50. The first-order valence-corrected chi connectivity index (χ1v) is 41.0. The summed E-state index contributed by atoms with van der Waals surface area (Å²) in [5.41, 5.74) is 0. The van der Waals surface area contributed by atoms with Crippen molar-refractivity contribution >= 4 is 39.5 Å². The van der Waals surface area contributed by atoms with Crippen molar-refractivity contribution in [3.63, 3.8) is 0 Å². The van der Waals surface area contributed by atoms with Gasteiger partial charge in [0, 0.05) is 25.7 Å². The Bertz CT molecular complexity index is 1790. The first-order chi connectivity index (χ1) is 44.4. The second-order valence-electron chi connectivity index (χ2n) is 27.3. The summed E-state index contributed by atoms with van der Waals surface area (Å²) in [5.74, 6) is -0.610. The van der Waals surface area contributed by atoms with Gasteiger partial charge in [-0.2, -0.15) is 0 Å². The number of aliphatic hydroxyl groups excluding tert-OH is 1. The van der Waals surface area contributed by atoms with Crippen LogP contribution in [-0.4, -0.2) is 96.7 Å². The Balaban J connectivity index is 5.15. The number of rotatable bonds is 72. The fraction of sp³-hybridized carbons (Fsp3) is 0.945. The molecule has 0 saturated heterocycles. The fourth-order valence-electron chi connectivity index (χ4n) is 11.1. The molecular formula is C73H142O17P2. The highest BCUT2D eigenvalue weighted by Gasteiger charge is 2.30. The van der Waals surface area contributed by atoms with E-state index in [1.54, 1.807) is 0 Å². The zero-order chi connectivity index (χ0) is 67.9. The minimum absolute atomic E-state index is 0.103. The van der Waals surface area contributed by atoms with Gasteiger partial charge in [0.2, 0.25) is 0 Å². The van der Waals surface area contributed by atoms with Gasteiger partial charge in [-0.05, 0) is 37.5 Å². The van der Waals surface area contributed by atoms with Gasteiger partial charge in [-0.25, -0.2) is 9.13 Å². The lowest BCUT2D eigenvalue weighted by molar-refractivity contribution is -0.161. The Labute approximate surface area is 562 Å². The number of carbonyl (C=O) groups excluding carboxylic acids is 4. The average molecular weight is 1350 g/mol. The highest BCUT2D eigenvalue weighted by Crippen LogP contribution is 2.45. The van der Waals surface area contributed by atoms with Gasteiger partial charge < -0.3 is 33.8 Å². The van der Waals surface area contributed by atoms with Crippen molar-refractivity contribution in [2.24, 2.45) is 11.8 Å². The third-order valence-electron chi connectivity index (χ3n) is 17.0. The molecule has 0 aromatic carbocycles. The van der Waals surface area contributed by atoms with Gasteiger partial charge in [0.05, 0.1) is 26.4 Å². The molecule has 0 aliphatic carbocycles. The van der Waals surface area contributed by atoms with Crippen LogP contribution in [0.5, 0.6) is 0 Å². The number of hydrogen-bond donors (Lipinski definition) is 3. The van der Waals surface area contributed by atoms with E-state index in [-0.39, 0.29) is 25.7 Å². The number of phosphoric acid groups is 2. The van der Waals surface area contributed by atoms with Crippen LogP contribution in [0.1, 0.15) is 375 Å². The van der Waals surface area contributed by atoms with E-state index in [9.17, 15) is 43.2 Å². The van der Waals surface area contributed by atoms with Crippen LogP contribution in [0.2, 0.25) is 0 Å². The maximum absolute atomic E-state index is 13.1. The molecule has 2 unspecified atom stereocenters. The van der Waals surface area contributed by atoms with Crippen molar-refractivity contribution in [3.05, 3.63) is 0 Å². The lowest BCUT2D eigenvalue weighted by Crippen LogP contribution is -2.30. The molecule has 0 bridgehead atoms. The second-order valence-corrected chi connectivity index (χ2v) is 30.2.